The number of carbonyl (C=O) groups is 1. The standard InChI is InChI=1S/C18H22F3NO3/c19-18(20,21)14-7-4-8-15(11-14)24-16-9-10-22(12-16)25-17(23)13-5-2-1-3-6-13/h4,7-8,11,13,16H,1-3,5-6,9-10,12H2/t16-/m1/s1. The fraction of sp³-hybridized carbons (Fsp3) is 0.611. The average Bonchev–Trinajstić information content (AvgIpc) is 3.02. The van der Waals surface area contributed by atoms with Gasteiger partial charge >= 0.3 is 12.1 Å². The van der Waals surface area contributed by atoms with Gasteiger partial charge in [0.2, 0.25) is 0 Å². The number of rotatable bonds is 4. The molecule has 7 heteroatoms. The van der Waals surface area contributed by atoms with Gasteiger partial charge in [-0.2, -0.15) is 13.2 Å². The molecule has 1 atom stereocenters. The average molecular weight is 357 g/mol. The lowest BCUT2D eigenvalue weighted by molar-refractivity contribution is -0.192. The number of benzene rings is 1. The number of ether oxygens (including phenoxy) is 1. The summed E-state index contributed by atoms with van der Waals surface area (Å²) in [6, 6.07) is 4.84. The maximum atomic E-state index is 12.7. The minimum absolute atomic E-state index is 0.0304. The molecule has 1 aromatic rings. The minimum Gasteiger partial charge on any atom is -0.489 e. The zero-order chi connectivity index (χ0) is 17.9. The van der Waals surface area contributed by atoms with Gasteiger partial charge in [-0.05, 0) is 31.0 Å². The molecule has 0 unspecified atom stereocenters. The van der Waals surface area contributed by atoms with Gasteiger partial charge in [0, 0.05) is 13.0 Å². The zero-order valence-corrected chi connectivity index (χ0v) is 13.9. The molecule has 1 saturated carbocycles. The zero-order valence-electron chi connectivity index (χ0n) is 13.9. The Morgan fingerprint density at radius 1 is 1.12 bits per heavy atom. The van der Waals surface area contributed by atoms with E-state index in [0.29, 0.717) is 19.5 Å². The molecule has 138 valence electrons. The van der Waals surface area contributed by atoms with Gasteiger partial charge in [0.1, 0.15) is 11.9 Å². The quantitative estimate of drug-likeness (QED) is 0.810. The van der Waals surface area contributed by atoms with E-state index in [0.717, 1.165) is 37.8 Å². The van der Waals surface area contributed by atoms with Crippen LogP contribution >= 0.6 is 0 Å². The Labute approximate surface area is 144 Å². The van der Waals surface area contributed by atoms with Crippen LogP contribution in [-0.4, -0.2) is 30.2 Å². The summed E-state index contributed by atoms with van der Waals surface area (Å²) in [7, 11) is 0. The van der Waals surface area contributed by atoms with Crippen LogP contribution in [0.1, 0.15) is 44.1 Å². The van der Waals surface area contributed by atoms with E-state index >= 15 is 0 Å². The van der Waals surface area contributed by atoms with Crippen molar-refractivity contribution in [3.63, 3.8) is 0 Å². The van der Waals surface area contributed by atoms with E-state index in [2.05, 4.69) is 0 Å². The molecule has 2 fully saturated rings. The van der Waals surface area contributed by atoms with E-state index < -0.39 is 11.7 Å². The fourth-order valence-corrected chi connectivity index (χ4v) is 3.36. The second kappa shape index (κ2) is 7.64. The lowest BCUT2D eigenvalue weighted by atomic mass is 9.89. The molecule has 25 heavy (non-hydrogen) atoms. The Bertz CT molecular complexity index is 599. The molecule has 1 aliphatic heterocycles. The number of halogens is 3. The molecule has 1 saturated heterocycles. The summed E-state index contributed by atoms with van der Waals surface area (Å²) in [4.78, 5) is 17.6. The molecule has 1 aromatic carbocycles. The van der Waals surface area contributed by atoms with Crippen molar-refractivity contribution in [2.75, 3.05) is 13.1 Å². The van der Waals surface area contributed by atoms with Crippen molar-refractivity contribution < 1.29 is 27.5 Å². The van der Waals surface area contributed by atoms with Gasteiger partial charge in [-0.1, -0.05) is 25.3 Å². The summed E-state index contributed by atoms with van der Waals surface area (Å²) in [5.74, 6) is -0.0445. The van der Waals surface area contributed by atoms with Crippen molar-refractivity contribution in [2.45, 2.75) is 50.8 Å². The van der Waals surface area contributed by atoms with Crippen molar-refractivity contribution >= 4 is 5.97 Å². The molecule has 0 aromatic heterocycles. The molecule has 2 aliphatic rings. The second-order valence-corrected chi connectivity index (χ2v) is 6.69. The van der Waals surface area contributed by atoms with Crippen LogP contribution in [0.2, 0.25) is 0 Å². The highest BCUT2D eigenvalue weighted by Gasteiger charge is 2.32. The Morgan fingerprint density at radius 3 is 2.60 bits per heavy atom. The third-order valence-corrected chi connectivity index (χ3v) is 4.73. The lowest BCUT2D eigenvalue weighted by Crippen LogP contribution is -2.31. The fourth-order valence-electron chi connectivity index (χ4n) is 3.36. The van der Waals surface area contributed by atoms with Crippen molar-refractivity contribution in [2.24, 2.45) is 5.92 Å². The Hall–Kier alpha value is -1.76. The summed E-state index contributed by atoms with van der Waals surface area (Å²) >= 11 is 0. The molecule has 4 nitrogen and oxygen atoms in total. The normalized spacial score (nSPS) is 22.8. The second-order valence-electron chi connectivity index (χ2n) is 6.69. The van der Waals surface area contributed by atoms with Crippen LogP contribution in [0.4, 0.5) is 13.2 Å². The molecule has 3 rings (SSSR count). The predicted octanol–water partition coefficient (Wildman–Crippen LogP) is 4.20. The summed E-state index contributed by atoms with van der Waals surface area (Å²) < 4.78 is 43.9. The molecule has 0 spiro atoms. The Morgan fingerprint density at radius 2 is 1.88 bits per heavy atom. The number of hydrogen-bond donors (Lipinski definition) is 0. The summed E-state index contributed by atoms with van der Waals surface area (Å²) in [6.07, 6.45) is 0.948. The van der Waals surface area contributed by atoms with E-state index in [1.54, 1.807) is 5.06 Å². The summed E-state index contributed by atoms with van der Waals surface area (Å²) in [5.41, 5.74) is -0.733. The van der Waals surface area contributed by atoms with E-state index in [4.69, 9.17) is 9.57 Å². The highest BCUT2D eigenvalue weighted by atomic mass is 19.4. The number of nitrogens with zero attached hydrogens (tertiary/aromatic N) is 1. The maximum Gasteiger partial charge on any atom is 0.416 e. The van der Waals surface area contributed by atoms with Crippen LogP contribution in [0.3, 0.4) is 0 Å². The molecule has 1 aliphatic carbocycles. The first-order valence-electron chi connectivity index (χ1n) is 8.72. The Kier molecular flexibility index (Phi) is 5.51. The van der Waals surface area contributed by atoms with Gasteiger partial charge in [0.25, 0.3) is 0 Å². The monoisotopic (exact) mass is 357 g/mol. The molecule has 0 bridgehead atoms. The van der Waals surface area contributed by atoms with Crippen LogP contribution in [-0.2, 0) is 15.8 Å². The largest absolute Gasteiger partial charge is 0.489 e. The third kappa shape index (κ3) is 4.87. The van der Waals surface area contributed by atoms with Gasteiger partial charge in [-0.3, -0.25) is 4.79 Å². The first-order valence-corrected chi connectivity index (χ1v) is 8.72. The first kappa shape index (κ1) is 18.0. The third-order valence-electron chi connectivity index (χ3n) is 4.73. The van der Waals surface area contributed by atoms with Crippen molar-refractivity contribution in [3.8, 4) is 5.75 Å². The van der Waals surface area contributed by atoms with Crippen LogP contribution in [0.15, 0.2) is 24.3 Å². The van der Waals surface area contributed by atoms with Crippen LogP contribution in [0.25, 0.3) is 0 Å². The van der Waals surface area contributed by atoms with E-state index in [-0.39, 0.29) is 23.7 Å². The van der Waals surface area contributed by atoms with Crippen LogP contribution in [0.5, 0.6) is 5.75 Å². The van der Waals surface area contributed by atoms with Crippen molar-refractivity contribution in [1.29, 1.82) is 0 Å². The molecular weight excluding hydrogens is 335 g/mol. The van der Waals surface area contributed by atoms with Gasteiger partial charge in [-0.15, -0.1) is 5.06 Å². The summed E-state index contributed by atoms with van der Waals surface area (Å²) in [6.45, 7) is 0.900. The molecular formula is C18H22F3NO3. The van der Waals surface area contributed by atoms with Crippen LogP contribution < -0.4 is 4.74 Å². The topological polar surface area (TPSA) is 38.8 Å². The summed E-state index contributed by atoms with van der Waals surface area (Å²) in [5, 5.41) is 1.56. The first-order chi connectivity index (χ1) is 11.9. The van der Waals surface area contributed by atoms with Gasteiger partial charge in [-0.25, -0.2) is 0 Å². The number of hydrogen-bond acceptors (Lipinski definition) is 4. The van der Waals surface area contributed by atoms with Crippen molar-refractivity contribution in [3.05, 3.63) is 29.8 Å². The smallest absolute Gasteiger partial charge is 0.416 e. The predicted molar refractivity (Wildman–Crippen MR) is 84.7 cm³/mol. The van der Waals surface area contributed by atoms with Gasteiger partial charge in [0.15, 0.2) is 0 Å². The number of hydroxylamine groups is 2. The van der Waals surface area contributed by atoms with E-state index in [1.807, 2.05) is 0 Å². The van der Waals surface area contributed by atoms with E-state index in [1.165, 1.54) is 18.6 Å². The molecule has 0 N–H and O–H groups in total. The highest BCUT2D eigenvalue weighted by molar-refractivity contribution is 5.72. The van der Waals surface area contributed by atoms with Crippen LogP contribution in [0, 0.1) is 5.92 Å². The molecule has 1 heterocycles. The lowest BCUT2D eigenvalue weighted by Gasteiger charge is -2.23. The van der Waals surface area contributed by atoms with Crippen molar-refractivity contribution in [1.82, 2.24) is 5.06 Å². The maximum absolute atomic E-state index is 12.7. The SMILES string of the molecule is O=C(ON1CC[C@@H](Oc2cccc(C(F)(F)F)c2)C1)C1CCCCC1. The minimum atomic E-state index is -4.39. The molecule has 0 radical (unpaired) electrons. The number of carbonyl (C=O) groups excluding carboxylic acids is 1. The van der Waals surface area contributed by atoms with Gasteiger partial charge < -0.3 is 9.57 Å². The van der Waals surface area contributed by atoms with Gasteiger partial charge in [0.05, 0.1) is 18.0 Å². The highest BCUT2D eigenvalue weighted by Crippen LogP contribution is 2.32. The molecule has 0 amide bonds. The number of alkyl halides is 3. The Balaban J connectivity index is 1.50. The van der Waals surface area contributed by atoms with E-state index in [9.17, 15) is 18.0 Å².